The molecule has 0 saturated heterocycles. The van der Waals surface area contributed by atoms with Gasteiger partial charge in [-0.1, -0.05) is 6.07 Å². The number of nitrogens with one attached hydrogen (secondary N) is 2. The fraction of sp³-hybridized carbons (Fsp3) is 0.250. The number of nitrogens with zero attached hydrogens (tertiary/aromatic N) is 2. The molecule has 2 aromatic heterocycles. The first kappa shape index (κ1) is 13.8. The Hall–Kier alpha value is -2.14. The van der Waals surface area contributed by atoms with E-state index in [9.17, 15) is 0 Å². The lowest BCUT2D eigenvalue weighted by atomic mass is 10.1. The molecule has 5 heteroatoms. The summed E-state index contributed by atoms with van der Waals surface area (Å²) >= 11 is 1.63. The minimum atomic E-state index is 0.666. The van der Waals surface area contributed by atoms with Crippen LogP contribution in [0.25, 0.3) is 10.2 Å². The van der Waals surface area contributed by atoms with Crippen molar-refractivity contribution >= 4 is 39.0 Å². The molecule has 0 saturated carbocycles. The first-order chi connectivity index (χ1) is 10.2. The lowest BCUT2D eigenvalue weighted by molar-refractivity contribution is 1.11. The molecule has 0 bridgehead atoms. The summed E-state index contributed by atoms with van der Waals surface area (Å²) in [6.45, 7) is 7.05. The standard InChI is InChI=1S/C16H18N4S/c1-4-17-16-19-14(13-5-6-21-15(13)20-16)18-12-8-10(2)7-11(3)9-12/h5-9H,4H2,1-3H3,(H2,17,18,19,20). The summed E-state index contributed by atoms with van der Waals surface area (Å²) in [4.78, 5) is 10.1. The Morgan fingerprint density at radius 2 is 1.86 bits per heavy atom. The van der Waals surface area contributed by atoms with Gasteiger partial charge >= 0.3 is 0 Å². The highest BCUT2D eigenvalue weighted by Gasteiger charge is 2.09. The van der Waals surface area contributed by atoms with Gasteiger partial charge in [-0.3, -0.25) is 0 Å². The molecule has 0 unspecified atom stereocenters. The summed E-state index contributed by atoms with van der Waals surface area (Å²) in [5.74, 6) is 1.52. The molecular formula is C16H18N4S. The average molecular weight is 298 g/mol. The zero-order valence-electron chi connectivity index (χ0n) is 12.4. The molecule has 0 aliphatic carbocycles. The van der Waals surface area contributed by atoms with Crippen molar-refractivity contribution < 1.29 is 0 Å². The van der Waals surface area contributed by atoms with Crippen molar-refractivity contribution in [2.75, 3.05) is 17.2 Å². The molecule has 0 spiro atoms. The van der Waals surface area contributed by atoms with Crippen LogP contribution in [-0.2, 0) is 0 Å². The molecule has 2 heterocycles. The maximum atomic E-state index is 4.59. The van der Waals surface area contributed by atoms with Crippen LogP contribution in [0, 0.1) is 13.8 Å². The van der Waals surface area contributed by atoms with E-state index < -0.39 is 0 Å². The molecule has 0 aliphatic rings. The third kappa shape index (κ3) is 2.97. The minimum Gasteiger partial charge on any atom is -0.354 e. The van der Waals surface area contributed by atoms with E-state index in [1.165, 1.54) is 11.1 Å². The first-order valence-electron chi connectivity index (χ1n) is 7.00. The maximum absolute atomic E-state index is 4.59. The largest absolute Gasteiger partial charge is 0.354 e. The highest BCUT2D eigenvalue weighted by atomic mass is 32.1. The number of aryl methyl sites for hydroxylation is 2. The number of fused-ring (bicyclic) bond motifs is 1. The average Bonchev–Trinajstić information content (AvgIpc) is 2.86. The van der Waals surface area contributed by atoms with Crippen molar-refractivity contribution in [2.45, 2.75) is 20.8 Å². The SMILES string of the molecule is CCNc1nc(Nc2cc(C)cc(C)c2)c2ccsc2n1. The normalized spacial score (nSPS) is 10.8. The van der Waals surface area contributed by atoms with Crippen molar-refractivity contribution in [3.05, 3.63) is 40.8 Å². The lowest BCUT2D eigenvalue weighted by Gasteiger charge is -2.10. The van der Waals surface area contributed by atoms with Crippen molar-refractivity contribution in [1.29, 1.82) is 0 Å². The van der Waals surface area contributed by atoms with Crippen LogP contribution in [0.5, 0.6) is 0 Å². The van der Waals surface area contributed by atoms with Crippen LogP contribution in [0.2, 0.25) is 0 Å². The second-order valence-corrected chi connectivity index (χ2v) is 5.96. The zero-order chi connectivity index (χ0) is 14.8. The van der Waals surface area contributed by atoms with Gasteiger partial charge in [-0.2, -0.15) is 4.98 Å². The summed E-state index contributed by atoms with van der Waals surface area (Å²) in [6.07, 6.45) is 0. The Balaban J connectivity index is 2.04. The van der Waals surface area contributed by atoms with E-state index in [4.69, 9.17) is 0 Å². The first-order valence-corrected chi connectivity index (χ1v) is 7.88. The van der Waals surface area contributed by atoms with Gasteiger partial charge in [0.1, 0.15) is 10.6 Å². The zero-order valence-corrected chi connectivity index (χ0v) is 13.2. The van der Waals surface area contributed by atoms with Crippen molar-refractivity contribution in [2.24, 2.45) is 0 Å². The number of anilines is 3. The Labute approximate surface area is 128 Å². The predicted octanol–water partition coefficient (Wildman–Crippen LogP) is 4.48. The second-order valence-electron chi connectivity index (χ2n) is 5.07. The highest BCUT2D eigenvalue weighted by molar-refractivity contribution is 7.16. The molecule has 0 atom stereocenters. The van der Waals surface area contributed by atoms with Gasteiger partial charge < -0.3 is 10.6 Å². The molecule has 3 aromatic rings. The number of aromatic nitrogens is 2. The van der Waals surface area contributed by atoms with Crippen LogP contribution >= 0.6 is 11.3 Å². The fourth-order valence-electron chi connectivity index (χ4n) is 2.37. The van der Waals surface area contributed by atoms with Gasteiger partial charge in [-0.25, -0.2) is 4.98 Å². The van der Waals surface area contributed by atoms with E-state index in [0.717, 1.165) is 28.3 Å². The number of thiophene rings is 1. The quantitative estimate of drug-likeness (QED) is 0.745. The Morgan fingerprint density at radius 3 is 2.57 bits per heavy atom. The Bertz CT molecular complexity index is 759. The van der Waals surface area contributed by atoms with Gasteiger partial charge in [-0.05, 0) is 55.5 Å². The van der Waals surface area contributed by atoms with Gasteiger partial charge in [0.25, 0.3) is 0 Å². The molecule has 2 N–H and O–H groups in total. The van der Waals surface area contributed by atoms with E-state index in [1.807, 2.05) is 12.3 Å². The third-order valence-corrected chi connectivity index (χ3v) is 3.95. The van der Waals surface area contributed by atoms with Crippen molar-refractivity contribution in [1.82, 2.24) is 9.97 Å². The van der Waals surface area contributed by atoms with Crippen LogP contribution < -0.4 is 10.6 Å². The van der Waals surface area contributed by atoms with E-state index in [-0.39, 0.29) is 0 Å². The lowest BCUT2D eigenvalue weighted by Crippen LogP contribution is -2.04. The smallest absolute Gasteiger partial charge is 0.226 e. The van der Waals surface area contributed by atoms with E-state index in [0.29, 0.717) is 5.95 Å². The summed E-state index contributed by atoms with van der Waals surface area (Å²) in [5, 5.41) is 9.71. The maximum Gasteiger partial charge on any atom is 0.226 e. The van der Waals surface area contributed by atoms with E-state index >= 15 is 0 Å². The van der Waals surface area contributed by atoms with Crippen molar-refractivity contribution in [3.63, 3.8) is 0 Å². The van der Waals surface area contributed by atoms with Gasteiger partial charge in [0, 0.05) is 12.2 Å². The summed E-state index contributed by atoms with van der Waals surface area (Å²) in [6, 6.07) is 8.47. The summed E-state index contributed by atoms with van der Waals surface area (Å²) in [7, 11) is 0. The van der Waals surface area contributed by atoms with Crippen LogP contribution in [0.15, 0.2) is 29.6 Å². The third-order valence-electron chi connectivity index (χ3n) is 3.14. The molecule has 21 heavy (non-hydrogen) atoms. The van der Waals surface area contributed by atoms with Gasteiger partial charge in [0.15, 0.2) is 0 Å². The van der Waals surface area contributed by atoms with Gasteiger partial charge in [-0.15, -0.1) is 11.3 Å². The van der Waals surface area contributed by atoms with Crippen LogP contribution in [0.1, 0.15) is 18.1 Å². The van der Waals surface area contributed by atoms with Gasteiger partial charge in [0.05, 0.1) is 5.39 Å². The summed E-state index contributed by atoms with van der Waals surface area (Å²) < 4.78 is 0. The van der Waals surface area contributed by atoms with Crippen molar-refractivity contribution in [3.8, 4) is 0 Å². The molecule has 0 radical (unpaired) electrons. The monoisotopic (exact) mass is 298 g/mol. The molecule has 3 rings (SSSR count). The summed E-state index contributed by atoms with van der Waals surface area (Å²) in [5.41, 5.74) is 3.53. The number of benzene rings is 1. The molecule has 0 amide bonds. The molecule has 1 aromatic carbocycles. The van der Waals surface area contributed by atoms with Crippen LogP contribution in [0.3, 0.4) is 0 Å². The number of rotatable bonds is 4. The molecule has 4 nitrogen and oxygen atoms in total. The molecule has 0 aliphatic heterocycles. The predicted molar refractivity (Wildman–Crippen MR) is 90.8 cm³/mol. The minimum absolute atomic E-state index is 0.666. The molecule has 108 valence electrons. The Morgan fingerprint density at radius 1 is 1.10 bits per heavy atom. The Kier molecular flexibility index (Phi) is 3.75. The number of hydrogen-bond donors (Lipinski definition) is 2. The van der Waals surface area contributed by atoms with Crippen LogP contribution in [-0.4, -0.2) is 16.5 Å². The fourth-order valence-corrected chi connectivity index (χ4v) is 3.14. The van der Waals surface area contributed by atoms with Crippen LogP contribution in [0.4, 0.5) is 17.5 Å². The molecular weight excluding hydrogens is 280 g/mol. The number of hydrogen-bond acceptors (Lipinski definition) is 5. The second kappa shape index (κ2) is 5.69. The van der Waals surface area contributed by atoms with E-state index in [2.05, 4.69) is 58.7 Å². The van der Waals surface area contributed by atoms with Gasteiger partial charge in [0.2, 0.25) is 5.95 Å². The molecule has 0 fully saturated rings. The highest BCUT2D eigenvalue weighted by Crippen LogP contribution is 2.29. The topological polar surface area (TPSA) is 49.8 Å². The van der Waals surface area contributed by atoms with E-state index in [1.54, 1.807) is 11.3 Å².